The van der Waals surface area contributed by atoms with E-state index in [2.05, 4.69) is 48.3 Å². The molecule has 2 unspecified atom stereocenters. The summed E-state index contributed by atoms with van der Waals surface area (Å²) in [5, 5.41) is 2.64. The van der Waals surface area contributed by atoms with Crippen LogP contribution in [0.25, 0.3) is 10.8 Å². The molecule has 146 valence electrons. The highest BCUT2D eigenvalue weighted by atomic mass is 16.5. The second kappa shape index (κ2) is 8.62. The number of hydrogen-bond acceptors (Lipinski definition) is 3. The number of benzene rings is 2. The van der Waals surface area contributed by atoms with E-state index in [1.165, 1.54) is 48.4 Å². The van der Waals surface area contributed by atoms with Gasteiger partial charge in [0.15, 0.2) is 0 Å². The molecule has 1 saturated carbocycles. The first-order valence-corrected chi connectivity index (χ1v) is 10.8. The normalized spacial score (nSPS) is 25.0. The van der Waals surface area contributed by atoms with Gasteiger partial charge in [0, 0.05) is 17.6 Å². The molecule has 27 heavy (non-hydrogen) atoms. The highest BCUT2D eigenvalue weighted by Crippen LogP contribution is 2.33. The van der Waals surface area contributed by atoms with E-state index in [9.17, 15) is 0 Å². The lowest BCUT2D eigenvalue weighted by atomic mass is 9.89. The molecule has 1 aliphatic carbocycles. The number of nitrogens with two attached hydrogens (primary N) is 1. The van der Waals surface area contributed by atoms with Gasteiger partial charge < -0.3 is 15.4 Å². The molecule has 2 aromatic rings. The number of piperidine rings is 1. The van der Waals surface area contributed by atoms with Gasteiger partial charge in [-0.25, -0.2) is 0 Å². The maximum Gasteiger partial charge on any atom is 0.123 e. The van der Waals surface area contributed by atoms with Crippen molar-refractivity contribution in [3.63, 3.8) is 0 Å². The van der Waals surface area contributed by atoms with E-state index in [0.29, 0.717) is 12.1 Å². The molecule has 0 bridgehead atoms. The lowest BCUT2D eigenvalue weighted by Crippen LogP contribution is -2.45. The second-order valence-electron chi connectivity index (χ2n) is 8.70. The largest absolute Gasteiger partial charge is 0.493 e. The van der Waals surface area contributed by atoms with Gasteiger partial charge >= 0.3 is 0 Å². The molecule has 4 rings (SSSR count). The van der Waals surface area contributed by atoms with E-state index in [0.717, 1.165) is 44.1 Å². The van der Waals surface area contributed by atoms with Gasteiger partial charge in [-0.1, -0.05) is 49.6 Å². The van der Waals surface area contributed by atoms with E-state index < -0.39 is 0 Å². The molecule has 1 aliphatic heterocycles. The van der Waals surface area contributed by atoms with Crippen molar-refractivity contribution < 1.29 is 4.74 Å². The standard InChI is InChI=1S/C24H34N2O/c1-26-14-13-20(25)15-21(26)16-23-22-10-6-5-9-19(22)11-12-24(23)27-17-18-7-3-2-4-8-18/h5-6,9-12,18,20-21H,2-4,7-8,13-17,25H2,1H3. The van der Waals surface area contributed by atoms with Crippen molar-refractivity contribution in [2.45, 2.75) is 63.5 Å². The number of ether oxygens (including phenoxy) is 1. The maximum absolute atomic E-state index is 6.44. The van der Waals surface area contributed by atoms with E-state index >= 15 is 0 Å². The van der Waals surface area contributed by atoms with Gasteiger partial charge in [0.25, 0.3) is 0 Å². The summed E-state index contributed by atoms with van der Waals surface area (Å²) in [6, 6.07) is 14.0. The average molecular weight is 367 g/mol. The van der Waals surface area contributed by atoms with Crippen LogP contribution in [-0.4, -0.2) is 37.2 Å². The quantitative estimate of drug-likeness (QED) is 0.829. The summed E-state index contributed by atoms with van der Waals surface area (Å²) in [6.07, 6.45) is 9.96. The summed E-state index contributed by atoms with van der Waals surface area (Å²) in [6.45, 7) is 1.96. The Labute approximate surface area is 163 Å². The van der Waals surface area contributed by atoms with Crippen LogP contribution in [0.1, 0.15) is 50.5 Å². The number of hydrogen-bond donors (Lipinski definition) is 1. The fourth-order valence-electron chi connectivity index (χ4n) is 4.90. The first-order chi connectivity index (χ1) is 13.2. The molecule has 0 spiro atoms. The molecule has 2 aromatic carbocycles. The minimum absolute atomic E-state index is 0.327. The molecule has 0 aromatic heterocycles. The minimum atomic E-state index is 0.327. The zero-order chi connectivity index (χ0) is 18.6. The Morgan fingerprint density at radius 3 is 2.70 bits per heavy atom. The van der Waals surface area contributed by atoms with Crippen molar-refractivity contribution in [2.75, 3.05) is 20.2 Å². The van der Waals surface area contributed by atoms with Crippen LogP contribution in [0.4, 0.5) is 0 Å². The number of likely N-dealkylation sites (N-methyl/N-ethyl adjacent to an activating group) is 1. The third kappa shape index (κ3) is 4.47. The van der Waals surface area contributed by atoms with E-state index in [-0.39, 0.29) is 0 Å². The van der Waals surface area contributed by atoms with Crippen LogP contribution in [0, 0.1) is 5.92 Å². The van der Waals surface area contributed by atoms with Gasteiger partial charge in [-0.15, -0.1) is 0 Å². The summed E-state index contributed by atoms with van der Waals surface area (Å²) in [5.41, 5.74) is 7.66. The van der Waals surface area contributed by atoms with Crippen molar-refractivity contribution in [1.82, 2.24) is 4.90 Å². The molecule has 3 nitrogen and oxygen atoms in total. The summed E-state index contributed by atoms with van der Waals surface area (Å²) in [4.78, 5) is 2.48. The van der Waals surface area contributed by atoms with Crippen LogP contribution in [0.3, 0.4) is 0 Å². The molecule has 1 saturated heterocycles. The monoisotopic (exact) mass is 366 g/mol. The second-order valence-corrected chi connectivity index (χ2v) is 8.70. The predicted octanol–water partition coefficient (Wildman–Crippen LogP) is 4.76. The van der Waals surface area contributed by atoms with E-state index in [1.807, 2.05) is 0 Å². The SMILES string of the molecule is CN1CCC(N)CC1Cc1c(OCC2CCCCC2)ccc2ccccc12. The lowest BCUT2D eigenvalue weighted by Gasteiger charge is -2.36. The Balaban J connectivity index is 1.59. The Bertz CT molecular complexity index is 753. The van der Waals surface area contributed by atoms with Crippen molar-refractivity contribution >= 4 is 10.8 Å². The predicted molar refractivity (Wildman–Crippen MR) is 113 cm³/mol. The maximum atomic E-state index is 6.44. The zero-order valence-electron chi connectivity index (χ0n) is 16.7. The van der Waals surface area contributed by atoms with E-state index in [4.69, 9.17) is 10.5 Å². The average Bonchev–Trinajstić information content (AvgIpc) is 2.71. The number of nitrogens with zero attached hydrogens (tertiary/aromatic N) is 1. The molecule has 2 atom stereocenters. The zero-order valence-corrected chi connectivity index (χ0v) is 16.7. The van der Waals surface area contributed by atoms with E-state index in [1.54, 1.807) is 0 Å². The van der Waals surface area contributed by atoms with Crippen LogP contribution in [0.15, 0.2) is 36.4 Å². The Morgan fingerprint density at radius 2 is 1.85 bits per heavy atom. The van der Waals surface area contributed by atoms with Gasteiger partial charge in [0.2, 0.25) is 0 Å². The molecule has 2 fully saturated rings. The van der Waals surface area contributed by atoms with Crippen LogP contribution in [0.5, 0.6) is 5.75 Å². The van der Waals surface area contributed by atoms with Gasteiger partial charge in [0.05, 0.1) is 6.61 Å². The molecule has 1 heterocycles. The highest BCUT2D eigenvalue weighted by Gasteiger charge is 2.26. The van der Waals surface area contributed by atoms with Gasteiger partial charge in [-0.3, -0.25) is 0 Å². The first-order valence-electron chi connectivity index (χ1n) is 10.8. The third-order valence-electron chi connectivity index (χ3n) is 6.69. The molecular formula is C24H34N2O. The van der Waals surface area contributed by atoms with Gasteiger partial charge in [-0.2, -0.15) is 0 Å². The van der Waals surface area contributed by atoms with Gasteiger partial charge in [0.1, 0.15) is 5.75 Å². The van der Waals surface area contributed by atoms with Crippen LogP contribution in [-0.2, 0) is 6.42 Å². The lowest BCUT2D eigenvalue weighted by molar-refractivity contribution is 0.166. The Kier molecular flexibility index (Phi) is 5.99. The summed E-state index contributed by atoms with van der Waals surface area (Å²) >= 11 is 0. The smallest absolute Gasteiger partial charge is 0.123 e. The Morgan fingerprint density at radius 1 is 1.04 bits per heavy atom. The van der Waals surface area contributed by atoms with Crippen LogP contribution >= 0.6 is 0 Å². The molecular weight excluding hydrogens is 332 g/mol. The minimum Gasteiger partial charge on any atom is -0.493 e. The van der Waals surface area contributed by atoms with Crippen molar-refractivity contribution in [2.24, 2.45) is 11.7 Å². The molecule has 3 heteroatoms. The summed E-state index contributed by atoms with van der Waals surface area (Å²) < 4.78 is 6.44. The summed E-state index contributed by atoms with van der Waals surface area (Å²) in [5.74, 6) is 1.82. The Hall–Kier alpha value is -1.58. The molecule has 2 aliphatic rings. The number of likely N-dealkylation sites (tertiary alicyclic amines) is 1. The topological polar surface area (TPSA) is 38.5 Å². The molecule has 2 N–H and O–H groups in total. The third-order valence-corrected chi connectivity index (χ3v) is 6.69. The fourth-order valence-corrected chi connectivity index (χ4v) is 4.90. The van der Waals surface area contributed by atoms with Crippen molar-refractivity contribution in [1.29, 1.82) is 0 Å². The molecule has 0 amide bonds. The number of fused-ring (bicyclic) bond motifs is 1. The van der Waals surface area contributed by atoms with Crippen LogP contribution in [0.2, 0.25) is 0 Å². The molecule has 0 radical (unpaired) electrons. The summed E-state index contributed by atoms with van der Waals surface area (Å²) in [7, 11) is 2.24. The van der Waals surface area contributed by atoms with Crippen molar-refractivity contribution in [3.8, 4) is 5.75 Å². The van der Waals surface area contributed by atoms with Crippen molar-refractivity contribution in [3.05, 3.63) is 42.0 Å². The first kappa shape index (κ1) is 18.8. The fraction of sp³-hybridized carbons (Fsp3) is 0.583. The highest BCUT2D eigenvalue weighted by molar-refractivity contribution is 5.87. The van der Waals surface area contributed by atoms with Gasteiger partial charge in [-0.05, 0) is 68.5 Å². The van der Waals surface area contributed by atoms with Crippen LogP contribution < -0.4 is 10.5 Å². The number of rotatable bonds is 5.